The van der Waals surface area contributed by atoms with Crippen molar-refractivity contribution in [2.24, 2.45) is 0 Å². The van der Waals surface area contributed by atoms with Gasteiger partial charge in [0.15, 0.2) is 6.67 Å². The van der Waals surface area contributed by atoms with Crippen molar-refractivity contribution in [3.63, 3.8) is 0 Å². The first-order valence-electron chi connectivity index (χ1n) is 9.75. The smallest absolute Gasteiger partial charge is 0.246 e. The van der Waals surface area contributed by atoms with Gasteiger partial charge in [-0.05, 0) is 26.0 Å². The summed E-state index contributed by atoms with van der Waals surface area (Å²) in [5.41, 5.74) is 2.24. The summed E-state index contributed by atoms with van der Waals surface area (Å²) in [6.07, 6.45) is 0. The molecule has 2 aromatic rings. The predicted octanol–water partition coefficient (Wildman–Crippen LogP) is 1.22. The average Bonchev–Trinajstić information content (AvgIpc) is 2.96. The van der Waals surface area contributed by atoms with Crippen LogP contribution in [-0.2, 0) is 23.2 Å². The van der Waals surface area contributed by atoms with Crippen LogP contribution in [0.25, 0.3) is 0 Å². The molecule has 0 bridgehead atoms. The van der Waals surface area contributed by atoms with E-state index in [0.717, 1.165) is 22.0 Å². The van der Waals surface area contributed by atoms with Crippen LogP contribution in [0, 0.1) is 13.8 Å². The Morgan fingerprint density at radius 1 is 1.14 bits per heavy atom. The number of nitrogens with zero attached hydrogens (tertiary/aromatic N) is 3. The molecule has 9 heteroatoms. The Balaban J connectivity index is 2.26. The van der Waals surface area contributed by atoms with Gasteiger partial charge in [0, 0.05) is 24.7 Å². The minimum Gasteiger partial charge on any atom is -0.497 e. The largest absolute Gasteiger partial charge is 0.497 e. The second kappa shape index (κ2) is 9.60. The number of quaternary nitrogens is 1. The number of nitrogens with one attached hydrogen (secondary N) is 1. The molecule has 8 nitrogen and oxygen atoms in total. The maximum absolute atomic E-state index is 13.0. The van der Waals surface area contributed by atoms with Crippen molar-refractivity contribution in [3.05, 3.63) is 35.2 Å². The minimum absolute atomic E-state index is 0.316. The first kappa shape index (κ1) is 23.2. The van der Waals surface area contributed by atoms with Crippen LogP contribution in [0.4, 0.5) is 0 Å². The average molecular weight is 426 g/mol. The lowest BCUT2D eigenvalue weighted by molar-refractivity contribution is -0.917. The summed E-state index contributed by atoms with van der Waals surface area (Å²) < 4.78 is 40.0. The van der Waals surface area contributed by atoms with Gasteiger partial charge in [-0.2, -0.15) is 9.40 Å². The molecule has 1 aromatic heterocycles. The highest BCUT2D eigenvalue weighted by molar-refractivity contribution is 7.89. The highest BCUT2D eigenvalue weighted by Crippen LogP contribution is 2.24. The van der Waals surface area contributed by atoms with E-state index < -0.39 is 10.0 Å². The molecule has 0 aliphatic rings. The standard InChI is InChI=1S/C20H32N4O4S/c1-8-23(9-2)29(25,26)20-15(3)21-24(16(20)4)14-22(5)13-17-10-11-18(27-6)12-19(17)28-7/h10-12H,8-9,13-14H2,1-7H3/p+1. The number of rotatable bonds is 10. The molecule has 0 aliphatic carbocycles. The van der Waals surface area contributed by atoms with Crippen molar-refractivity contribution in [1.29, 1.82) is 0 Å². The number of aromatic nitrogens is 2. The lowest BCUT2D eigenvalue weighted by atomic mass is 10.2. The third-order valence-electron chi connectivity index (χ3n) is 5.02. The Morgan fingerprint density at radius 3 is 2.34 bits per heavy atom. The monoisotopic (exact) mass is 425 g/mol. The van der Waals surface area contributed by atoms with Crippen LogP contribution >= 0.6 is 0 Å². The fourth-order valence-electron chi connectivity index (χ4n) is 3.53. The van der Waals surface area contributed by atoms with E-state index in [4.69, 9.17) is 9.47 Å². The summed E-state index contributed by atoms with van der Waals surface area (Å²) in [6.45, 7) is 9.36. The molecule has 162 valence electrons. The Bertz CT molecular complexity index is 936. The molecule has 0 saturated carbocycles. The third-order valence-corrected chi connectivity index (χ3v) is 7.33. The molecule has 29 heavy (non-hydrogen) atoms. The van der Waals surface area contributed by atoms with Crippen LogP contribution in [0.15, 0.2) is 23.1 Å². The zero-order valence-corrected chi connectivity index (χ0v) is 19.3. The SMILES string of the molecule is CCN(CC)S(=O)(=O)c1c(C)nn(C[NH+](C)Cc2ccc(OC)cc2OC)c1C. The van der Waals surface area contributed by atoms with E-state index in [9.17, 15) is 8.42 Å². The summed E-state index contributed by atoms with van der Waals surface area (Å²) in [4.78, 5) is 1.46. The normalized spacial score (nSPS) is 13.0. The van der Waals surface area contributed by atoms with E-state index in [2.05, 4.69) is 5.10 Å². The highest BCUT2D eigenvalue weighted by Gasteiger charge is 2.29. The Kier molecular flexibility index (Phi) is 7.67. The van der Waals surface area contributed by atoms with Gasteiger partial charge in [0.05, 0.1) is 32.7 Å². The molecule has 0 aliphatic heterocycles. The Labute approximate surface area is 174 Å². The van der Waals surface area contributed by atoms with Gasteiger partial charge >= 0.3 is 0 Å². The lowest BCUT2D eigenvalue weighted by Gasteiger charge is -2.19. The molecule has 1 aromatic carbocycles. The molecule has 1 heterocycles. The Morgan fingerprint density at radius 2 is 1.79 bits per heavy atom. The molecular weight excluding hydrogens is 392 g/mol. The summed E-state index contributed by atoms with van der Waals surface area (Å²) in [5.74, 6) is 1.51. The maximum atomic E-state index is 13.0. The summed E-state index contributed by atoms with van der Waals surface area (Å²) in [5, 5.41) is 4.52. The van der Waals surface area contributed by atoms with Gasteiger partial charge < -0.3 is 14.4 Å². The fraction of sp³-hybridized carbons (Fsp3) is 0.550. The van der Waals surface area contributed by atoms with Crippen LogP contribution < -0.4 is 14.4 Å². The molecule has 1 unspecified atom stereocenters. The second-order valence-corrected chi connectivity index (χ2v) is 8.93. The number of hydrogen-bond acceptors (Lipinski definition) is 5. The maximum Gasteiger partial charge on any atom is 0.246 e. The number of ether oxygens (including phenoxy) is 2. The van der Waals surface area contributed by atoms with E-state index in [-0.39, 0.29) is 0 Å². The molecule has 2 rings (SSSR count). The zero-order valence-electron chi connectivity index (χ0n) is 18.4. The van der Waals surface area contributed by atoms with Crippen molar-refractivity contribution in [3.8, 4) is 11.5 Å². The van der Waals surface area contributed by atoms with Crippen molar-refractivity contribution < 1.29 is 22.8 Å². The number of benzene rings is 1. The summed E-state index contributed by atoms with van der Waals surface area (Å²) in [6, 6.07) is 5.75. The number of aryl methyl sites for hydroxylation is 1. The molecule has 1 N–H and O–H groups in total. The third kappa shape index (κ3) is 4.91. The van der Waals surface area contributed by atoms with E-state index in [1.54, 1.807) is 25.8 Å². The molecular formula is C20H33N4O4S+. The van der Waals surface area contributed by atoms with Crippen molar-refractivity contribution >= 4 is 10.0 Å². The second-order valence-electron chi connectivity index (χ2n) is 7.06. The quantitative estimate of drug-likeness (QED) is 0.619. The van der Waals surface area contributed by atoms with Crippen molar-refractivity contribution in [2.45, 2.75) is 45.8 Å². The van der Waals surface area contributed by atoms with Crippen molar-refractivity contribution in [1.82, 2.24) is 14.1 Å². The summed E-state index contributed by atoms with van der Waals surface area (Å²) >= 11 is 0. The van der Waals surface area contributed by atoms with Crippen LogP contribution in [-0.4, -0.2) is 56.9 Å². The molecule has 0 saturated heterocycles. The topological polar surface area (TPSA) is 78.1 Å². The van der Waals surface area contributed by atoms with Gasteiger partial charge in [0.25, 0.3) is 0 Å². The number of sulfonamides is 1. The first-order chi connectivity index (χ1) is 13.7. The summed E-state index contributed by atoms with van der Waals surface area (Å²) in [7, 11) is 1.75. The fourth-order valence-corrected chi connectivity index (χ4v) is 5.37. The predicted molar refractivity (Wildman–Crippen MR) is 112 cm³/mol. The zero-order chi connectivity index (χ0) is 21.8. The van der Waals surface area contributed by atoms with Gasteiger partial charge in [0.1, 0.15) is 22.9 Å². The highest BCUT2D eigenvalue weighted by atomic mass is 32.2. The number of methoxy groups -OCH3 is 2. The molecule has 1 atom stereocenters. The first-order valence-corrected chi connectivity index (χ1v) is 11.2. The molecule has 0 spiro atoms. The van der Waals surface area contributed by atoms with E-state index in [0.29, 0.717) is 42.6 Å². The molecule has 0 radical (unpaired) electrons. The minimum atomic E-state index is -3.55. The van der Waals surface area contributed by atoms with Crippen LogP contribution in [0.2, 0.25) is 0 Å². The van der Waals surface area contributed by atoms with Gasteiger partial charge in [-0.1, -0.05) is 13.8 Å². The van der Waals surface area contributed by atoms with Gasteiger partial charge in [-0.3, -0.25) is 0 Å². The van der Waals surface area contributed by atoms with Crippen LogP contribution in [0.5, 0.6) is 11.5 Å². The Hall–Kier alpha value is -2.10. The molecule has 0 amide bonds. The van der Waals surface area contributed by atoms with Crippen molar-refractivity contribution in [2.75, 3.05) is 34.4 Å². The lowest BCUT2D eigenvalue weighted by Crippen LogP contribution is -3.07. The van der Waals surface area contributed by atoms with E-state index in [1.807, 2.05) is 46.0 Å². The van der Waals surface area contributed by atoms with E-state index in [1.165, 1.54) is 4.31 Å². The number of hydrogen-bond donors (Lipinski definition) is 1. The van der Waals surface area contributed by atoms with Gasteiger partial charge in [0.2, 0.25) is 10.0 Å². The van der Waals surface area contributed by atoms with Gasteiger partial charge in [-0.25, -0.2) is 13.1 Å². The molecule has 0 fully saturated rings. The van der Waals surface area contributed by atoms with Crippen LogP contribution in [0.3, 0.4) is 0 Å². The van der Waals surface area contributed by atoms with E-state index >= 15 is 0 Å². The van der Waals surface area contributed by atoms with Gasteiger partial charge in [-0.15, -0.1) is 0 Å². The van der Waals surface area contributed by atoms with Crippen LogP contribution in [0.1, 0.15) is 30.8 Å².